The molecule has 0 bridgehead atoms. The van der Waals surface area contributed by atoms with Gasteiger partial charge in [0, 0.05) is 6.20 Å². The molecular formula is C23H15NO. The third-order valence-corrected chi connectivity index (χ3v) is 4.86. The first-order valence-electron chi connectivity index (χ1n) is 8.34. The molecule has 0 radical (unpaired) electrons. The minimum absolute atomic E-state index is 0.0482. The molecule has 0 aliphatic carbocycles. The summed E-state index contributed by atoms with van der Waals surface area (Å²) in [6.45, 7) is 0. The Kier molecular flexibility index (Phi) is 2.98. The second-order valence-corrected chi connectivity index (χ2v) is 6.26. The Hall–Kier alpha value is -3.39. The molecule has 0 amide bonds. The fraction of sp³-hybridized carbons (Fsp3) is 0. The molecule has 0 spiro atoms. The van der Waals surface area contributed by atoms with Crippen LogP contribution < -0.4 is 5.43 Å². The molecule has 2 nitrogen and oxygen atoms in total. The minimum Gasteiger partial charge on any atom is -0.361 e. The molecular weight excluding hydrogens is 306 g/mol. The smallest absolute Gasteiger partial charge is 0.188 e. The number of H-pyrrole nitrogens is 1. The van der Waals surface area contributed by atoms with Crippen LogP contribution in [0.25, 0.3) is 43.6 Å². The van der Waals surface area contributed by atoms with Crippen LogP contribution in [0.1, 0.15) is 0 Å². The van der Waals surface area contributed by atoms with Crippen molar-refractivity contribution in [2.24, 2.45) is 0 Å². The normalized spacial score (nSPS) is 11.4. The maximum atomic E-state index is 12.6. The van der Waals surface area contributed by atoms with Crippen LogP contribution in [0.5, 0.6) is 0 Å². The van der Waals surface area contributed by atoms with Crippen molar-refractivity contribution in [3.05, 3.63) is 95.3 Å². The van der Waals surface area contributed by atoms with Crippen molar-refractivity contribution < 1.29 is 0 Å². The number of nitrogens with one attached hydrogen (secondary N) is 1. The average Bonchev–Trinajstić information content (AvgIpc) is 2.68. The fourth-order valence-corrected chi connectivity index (χ4v) is 3.70. The van der Waals surface area contributed by atoms with Crippen molar-refractivity contribution in [1.82, 2.24) is 4.98 Å². The first-order chi connectivity index (χ1) is 12.3. The first kappa shape index (κ1) is 14.0. The Bertz CT molecular complexity index is 1310. The minimum atomic E-state index is 0.0482. The summed E-state index contributed by atoms with van der Waals surface area (Å²) < 4.78 is 0. The number of benzene rings is 4. The highest BCUT2D eigenvalue weighted by Gasteiger charge is 2.11. The predicted octanol–water partition coefficient (Wildman–Crippen LogP) is 5.50. The van der Waals surface area contributed by atoms with E-state index in [2.05, 4.69) is 53.5 Å². The molecule has 0 fully saturated rings. The lowest BCUT2D eigenvalue weighted by Gasteiger charge is -2.11. The van der Waals surface area contributed by atoms with E-state index in [0.717, 1.165) is 32.8 Å². The maximum absolute atomic E-state index is 12.6. The summed E-state index contributed by atoms with van der Waals surface area (Å²) in [5, 5.41) is 5.18. The summed E-state index contributed by atoms with van der Waals surface area (Å²) in [5.41, 5.74) is 3.18. The highest BCUT2D eigenvalue weighted by molar-refractivity contribution is 6.12. The summed E-state index contributed by atoms with van der Waals surface area (Å²) in [6.07, 6.45) is 1.87. The van der Waals surface area contributed by atoms with Crippen LogP contribution in [-0.4, -0.2) is 4.98 Å². The van der Waals surface area contributed by atoms with Gasteiger partial charge >= 0.3 is 0 Å². The first-order valence-corrected chi connectivity index (χ1v) is 8.34. The van der Waals surface area contributed by atoms with E-state index >= 15 is 0 Å². The zero-order valence-electron chi connectivity index (χ0n) is 13.5. The average molecular weight is 321 g/mol. The molecule has 2 heteroatoms. The van der Waals surface area contributed by atoms with Gasteiger partial charge in [-0.05, 0) is 50.9 Å². The molecule has 5 rings (SSSR count). The lowest BCUT2D eigenvalue weighted by Crippen LogP contribution is -2.01. The van der Waals surface area contributed by atoms with Gasteiger partial charge in [-0.25, -0.2) is 0 Å². The summed E-state index contributed by atoms with van der Waals surface area (Å²) in [5.74, 6) is 0. The van der Waals surface area contributed by atoms with Gasteiger partial charge in [-0.15, -0.1) is 0 Å². The zero-order chi connectivity index (χ0) is 16.8. The van der Waals surface area contributed by atoms with Gasteiger partial charge in [0.2, 0.25) is 0 Å². The van der Waals surface area contributed by atoms with E-state index in [9.17, 15) is 4.79 Å². The molecule has 0 saturated heterocycles. The summed E-state index contributed by atoms with van der Waals surface area (Å²) >= 11 is 0. The summed E-state index contributed by atoms with van der Waals surface area (Å²) in [4.78, 5) is 15.9. The van der Waals surface area contributed by atoms with Gasteiger partial charge in [-0.1, -0.05) is 60.7 Å². The number of aromatic nitrogens is 1. The Morgan fingerprint density at radius 1 is 0.600 bits per heavy atom. The summed E-state index contributed by atoms with van der Waals surface area (Å²) in [6, 6.07) is 26.4. The lowest BCUT2D eigenvalue weighted by molar-refractivity contribution is 1.42. The van der Waals surface area contributed by atoms with E-state index in [1.807, 2.05) is 30.5 Å². The Morgan fingerprint density at radius 3 is 2.36 bits per heavy atom. The lowest BCUT2D eigenvalue weighted by atomic mass is 9.93. The molecule has 1 N–H and O–H groups in total. The largest absolute Gasteiger partial charge is 0.361 e. The highest BCUT2D eigenvalue weighted by atomic mass is 16.1. The molecule has 0 atom stereocenters. The van der Waals surface area contributed by atoms with Gasteiger partial charge in [0.15, 0.2) is 5.43 Å². The standard InChI is InChI=1S/C23H15NO/c25-21-13-12-19(18-9-3-6-15-5-1-2-8-17(15)18)20-11-10-16-7-4-14-24-23(16)22(20)21/h1-14,24H. The Balaban J connectivity index is 1.96. The quantitative estimate of drug-likeness (QED) is 0.406. The van der Waals surface area contributed by atoms with Gasteiger partial charge in [0.05, 0.1) is 10.9 Å². The van der Waals surface area contributed by atoms with E-state index in [-0.39, 0.29) is 5.43 Å². The Labute approximate surface area is 144 Å². The van der Waals surface area contributed by atoms with E-state index in [0.29, 0.717) is 0 Å². The molecule has 0 unspecified atom stereocenters. The number of pyridine rings is 1. The molecule has 0 saturated carbocycles. The fourth-order valence-electron chi connectivity index (χ4n) is 3.70. The van der Waals surface area contributed by atoms with Crippen molar-refractivity contribution in [2.45, 2.75) is 0 Å². The van der Waals surface area contributed by atoms with Crippen molar-refractivity contribution >= 4 is 32.4 Å². The van der Waals surface area contributed by atoms with E-state index in [1.165, 1.54) is 10.8 Å². The van der Waals surface area contributed by atoms with Crippen molar-refractivity contribution in [3.8, 4) is 11.1 Å². The summed E-state index contributed by atoms with van der Waals surface area (Å²) in [7, 11) is 0. The van der Waals surface area contributed by atoms with Gasteiger partial charge < -0.3 is 4.98 Å². The van der Waals surface area contributed by atoms with Gasteiger partial charge in [0.25, 0.3) is 0 Å². The number of aromatic amines is 1. The number of rotatable bonds is 1. The number of hydrogen-bond acceptors (Lipinski definition) is 1. The van der Waals surface area contributed by atoms with Crippen molar-refractivity contribution in [3.63, 3.8) is 0 Å². The third-order valence-electron chi connectivity index (χ3n) is 4.86. The van der Waals surface area contributed by atoms with Crippen LogP contribution in [0.3, 0.4) is 0 Å². The van der Waals surface area contributed by atoms with E-state index < -0.39 is 0 Å². The number of fused-ring (bicyclic) bond motifs is 4. The van der Waals surface area contributed by atoms with Crippen LogP contribution in [0, 0.1) is 0 Å². The predicted molar refractivity (Wildman–Crippen MR) is 105 cm³/mol. The van der Waals surface area contributed by atoms with Crippen LogP contribution in [0.15, 0.2) is 89.9 Å². The molecule has 1 heterocycles. The molecule has 0 aliphatic rings. The molecule has 118 valence electrons. The topological polar surface area (TPSA) is 32.9 Å². The number of hydrogen-bond donors (Lipinski definition) is 1. The second kappa shape index (κ2) is 5.32. The zero-order valence-corrected chi connectivity index (χ0v) is 13.5. The molecule has 1 aromatic heterocycles. The maximum Gasteiger partial charge on any atom is 0.188 e. The van der Waals surface area contributed by atoms with Crippen molar-refractivity contribution in [2.75, 3.05) is 0 Å². The molecule has 25 heavy (non-hydrogen) atoms. The van der Waals surface area contributed by atoms with Crippen LogP contribution in [-0.2, 0) is 0 Å². The highest BCUT2D eigenvalue weighted by Crippen LogP contribution is 2.34. The molecule has 0 aliphatic heterocycles. The van der Waals surface area contributed by atoms with E-state index in [4.69, 9.17) is 0 Å². The van der Waals surface area contributed by atoms with Crippen LogP contribution in [0.4, 0.5) is 0 Å². The SMILES string of the molecule is O=c1ccc(-c2cccc3ccccc23)c2ccc3ccc[nH]c3c12. The second-order valence-electron chi connectivity index (χ2n) is 6.26. The van der Waals surface area contributed by atoms with Gasteiger partial charge in [-0.2, -0.15) is 0 Å². The van der Waals surface area contributed by atoms with Crippen LogP contribution >= 0.6 is 0 Å². The molecule has 4 aromatic carbocycles. The van der Waals surface area contributed by atoms with Crippen LogP contribution in [0.2, 0.25) is 0 Å². The van der Waals surface area contributed by atoms with Crippen molar-refractivity contribution in [1.29, 1.82) is 0 Å². The monoisotopic (exact) mass is 321 g/mol. The Morgan fingerprint density at radius 2 is 1.40 bits per heavy atom. The van der Waals surface area contributed by atoms with Gasteiger partial charge in [0.1, 0.15) is 0 Å². The third kappa shape index (κ3) is 2.08. The molecule has 5 aromatic rings. The van der Waals surface area contributed by atoms with E-state index in [1.54, 1.807) is 6.07 Å². The van der Waals surface area contributed by atoms with Gasteiger partial charge in [-0.3, -0.25) is 4.79 Å².